The summed E-state index contributed by atoms with van der Waals surface area (Å²) in [6.45, 7) is 12.6. The average molecular weight is 923 g/mol. The summed E-state index contributed by atoms with van der Waals surface area (Å²) in [6.07, 6.45) is 6.70. The van der Waals surface area contributed by atoms with Crippen molar-refractivity contribution in [3.05, 3.63) is 94.6 Å². The summed E-state index contributed by atoms with van der Waals surface area (Å²) < 4.78 is 25.5. The third-order valence-electron chi connectivity index (χ3n) is 9.18. The number of hydrogen-bond donors (Lipinski definition) is 3. The van der Waals surface area contributed by atoms with Gasteiger partial charge in [0.2, 0.25) is 0 Å². The van der Waals surface area contributed by atoms with Gasteiger partial charge < -0.3 is 41.4 Å². The third kappa shape index (κ3) is 18.0. The smallest absolute Gasteiger partial charge is 1.00 e. The molecule has 61 heavy (non-hydrogen) atoms. The molecule has 0 amide bonds. The van der Waals surface area contributed by atoms with E-state index in [1.54, 1.807) is 12.1 Å². The molecule has 4 aromatic rings. The molecule has 0 saturated carbocycles. The Bertz CT molecular complexity index is 2020. The van der Waals surface area contributed by atoms with Crippen molar-refractivity contribution in [2.45, 2.75) is 52.6 Å². The van der Waals surface area contributed by atoms with E-state index < -0.39 is 7.15 Å². The fourth-order valence-corrected chi connectivity index (χ4v) is 6.53. The van der Waals surface area contributed by atoms with Gasteiger partial charge in [-0.1, -0.05) is 12.1 Å². The molecule has 2 aliphatic rings. The maximum Gasteiger partial charge on any atom is 1.00 e. The summed E-state index contributed by atoms with van der Waals surface area (Å²) in [5.41, 5.74) is 7.60. The van der Waals surface area contributed by atoms with Gasteiger partial charge in [-0.3, -0.25) is 28.1 Å². The Morgan fingerprint density at radius 2 is 1.21 bits per heavy atom. The Kier molecular flexibility index (Phi) is 29.3. The Morgan fingerprint density at radius 3 is 1.61 bits per heavy atom. The molecule has 15 nitrogen and oxygen atoms in total. The van der Waals surface area contributed by atoms with Gasteiger partial charge in [-0.15, -0.1) is 11.6 Å². The molecule has 19 heteroatoms. The summed E-state index contributed by atoms with van der Waals surface area (Å²) in [4.78, 5) is 37.2. The zero-order chi connectivity index (χ0) is 44.8. The maximum atomic E-state index is 11.2. The Labute approximate surface area is 450 Å². The molecule has 2 aliphatic heterocycles. The van der Waals surface area contributed by atoms with Gasteiger partial charge in [-0.05, 0) is 113 Å². The first-order valence-corrected chi connectivity index (χ1v) is 19.1. The summed E-state index contributed by atoms with van der Waals surface area (Å²) >= 11 is 6.07. The SMILES string of the molecule is CC(C)n1nccc1C1=C(CCl)CCN(C)C1.CC(C)n1nccc1C1=C(COc2cccc(O)c2C=O)CCN(C)C1.O=CO[O-].O=Cc1c(O)cccc1O.[2H]CF.[H-].[K+].[K+]. The normalized spacial score (nSPS) is 13.9. The van der Waals surface area contributed by atoms with Crippen LogP contribution < -0.4 is 113 Å². The van der Waals surface area contributed by atoms with Crippen molar-refractivity contribution in [2.24, 2.45) is 0 Å². The van der Waals surface area contributed by atoms with Crippen molar-refractivity contribution in [2.75, 3.05) is 59.9 Å². The number of aromatic nitrogens is 4. The van der Waals surface area contributed by atoms with Crippen molar-refractivity contribution in [3.8, 4) is 23.0 Å². The maximum absolute atomic E-state index is 11.2. The molecule has 2 aromatic carbocycles. The number of aromatic hydroxyl groups is 3. The summed E-state index contributed by atoms with van der Waals surface area (Å²) in [5.74, 6) is 0.577. The van der Waals surface area contributed by atoms with Crippen LogP contribution in [-0.2, 0) is 9.68 Å². The summed E-state index contributed by atoms with van der Waals surface area (Å²) in [6, 6.07) is 13.8. The number of aldehydes is 2. The van der Waals surface area contributed by atoms with E-state index in [1.807, 2.05) is 23.1 Å². The topological polar surface area (TPSA) is 196 Å². The minimum absolute atomic E-state index is 0. The quantitative estimate of drug-likeness (QED) is 0.0599. The number of benzene rings is 2. The number of nitrogens with zero attached hydrogens (tertiary/aromatic N) is 6. The molecule has 0 spiro atoms. The second-order valence-electron chi connectivity index (χ2n) is 13.9. The standard InChI is InChI=1S/C20H25N3O3.C13H20ClN3.C7H6O3.CH3F.CH2O3.2K.H/c1-14(2)23-18(7-9-21-23)16-11-22(3)10-8-15(16)13-26-20-6-4-5-19(25)17(20)12-24;1-10(2)17-13(4-6-15-17)12-9-16(3)7-5-11(12)8-14;8-4-5-6(9)2-1-3-7(5)10;1-2;2-1-4-3;;;/h4-7,9,12,14,25H,8,10-11,13H2,1-3H3;4,6,10H,5,7-9H2,1-3H3;1-4,9-10H;1H3;1,3H;;;/q;;;;;2*+1;-1/p-1/i;;;1D;;;;. The molecule has 0 bridgehead atoms. The summed E-state index contributed by atoms with van der Waals surface area (Å²) in [7, 11) is 3.26. The number of alkyl halides is 2. The monoisotopic (exact) mass is 921 g/mol. The number of phenolic OH excluding ortho intramolecular Hbond substituents is 3. The second-order valence-corrected chi connectivity index (χ2v) is 14.2. The Balaban J connectivity index is 0. The first-order chi connectivity index (χ1) is 28.7. The number of ether oxygens (including phenoxy) is 1. The van der Waals surface area contributed by atoms with Crippen LogP contribution in [0.15, 0.2) is 72.1 Å². The number of phenols is 3. The van der Waals surface area contributed by atoms with Gasteiger partial charge in [0.1, 0.15) is 29.6 Å². The predicted octanol–water partition coefficient (Wildman–Crippen LogP) is -0.00670. The van der Waals surface area contributed by atoms with Crippen molar-refractivity contribution in [1.82, 2.24) is 29.4 Å². The van der Waals surface area contributed by atoms with E-state index in [1.165, 1.54) is 52.3 Å². The minimum atomic E-state index is -1.00. The average Bonchev–Trinajstić information content (AvgIpc) is 3.93. The zero-order valence-corrected chi connectivity index (χ0v) is 43.3. The van der Waals surface area contributed by atoms with Gasteiger partial charge in [0, 0.05) is 56.5 Å². The molecule has 4 heterocycles. The first kappa shape index (κ1) is 56.7. The molecule has 0 fully saturated rings. The van der Waals surface area contributed by atoms with Gasteiger partial charge in [-0.25, -0.2) is 0 Å². The molecular formula is C42H56ClFK2N6O9. The van der Waals surface area contributed by atoms with Gasteiger partial charge in [0.15, 0.2) is 12.6 Å². The van der Waals surface area contributed by atoms with E-state index in [4.69, 9.17) is 38.0 Å². The molecule has 2 aromatic heterocycles. The first-order valence-electron chi connectivity index (χ1n) is 19.3. The van der Waals surface area contributed by atoms with Crippen molar-refractivity contribution in [1.29, 1.82) is 0 Å². The van der Waals surface area contributed by atoms with Gasteiger partial charge in [0.25, 0.3) is 6.47 Å². The fraction of sp³-hybridized carbons (Fsp3) is 0.405. The number of hydrogen-bond acceptors (Lipinski definition) is 13. The predicted molar refractivity (Wildman–Crippen MR) is 223 cm³/mol. The minimum Gasteiger partial charge on any atom is -1.00 e. The van der Waals surface area contributed by atoms with Crippen LogP contribution in [0.4, 0.5) is 4.39 Å². The zero-order valence-electron chi connectivity index (χ0n) is 38.3. The molecular weight excluding hydrogens is 865 g/mol. The van der Waals surface area contributed by atoms with Crippen LogP contribution in [0.1, 0.15) is 87.5 Å². The summed E-state index contributed by atoms with van der Waals surface area (Å²) in [5, 5.41) is 44.9. The Morgan fingerprint density at radius 1 is 0.803 bits per heavy atom. The molecule has 0 atom stereocenters. The van der Waals surface area contributed by atoms with E-state index in [9.17, 15) is 19.1 Å². The molecule has 0 aliphatic carbocycles. The van der Waals surface area contributed by atoms with Crippen molar-refractivity contribution in [3.63, 3.8) is 0 Å². The van der Waals surface area contributed by atoms with E-state index in [0.29, 0.717) is 36.9 Å². The third-order valence-corrected chi connectivity index (χ3v) is 9.50. The van der Waals surface area contributed by atoms with Crippen LogP contribution >= 0.6 is 11.6 Å². The second kappa shape index (κ2) is 31.6. The van der Waals surface area contributed by atoms with Crippen LogP contribution in [0.25, 0.3) is 11.1 Å². The van der Waals surface area contributed by atoms with Gasteiger partial charge >= 0.3 is 103 Å². The largest absolute Gasteiger partial charge is 1.00 e. The van der Waals surface area contributed by atoms with E-state index >= 15 is 0 Å². The van der Waals surface area contributed by atoms with Crippen LogP contribution in [0.2, 0.25) is 0 Å². The molecule has 6 rings (SSSR count). The number of rotatable bonds is 11. The van der Waals surface area contributed by atoms with E-state index in [-0.39, 0.29) is 145 Å². The van der Waals surface area contributed by atoms with Gasteiger partial charge in [-0.2, -0.15) is 10.2 Å². The van der Waals surface area contributed by atoms with E-state index in [0.717, 1.165) is 44.7 Å². The molecule has 0 unspecified atom stereocenters. The van der Waals surface area contributed by atoms with Crippen molar-refractivity contribution >= 4 is 41.8 Å². The number of carbonyl (C=O) groups excluding carboxylic acids is 3. The number of carbonyl (C=O) groups is 3. The Hall–Kier alpha value is -2.28. The van der Waals surface area contributed by atoms with Crippen LogP contribution in [0.3, 0.4) is 0 Å². The van der Waals surface area contributed by atoms with Crippen LogP contribution in [0.5, 0.6) is 23.0 Å². The van der Waals surface area contributed by atoms with E-state index in [2.05, 4.69) is 77.4 Å². The number of halogens is 2. The fourth-order valence-electron chi connectivity index (χ4n) is 6.24. The molecule has 0 saturated heterocycles. The van der Waals surface area contributed by atoms with Gasteiger partial charge in [0.05, 0.1) is 31.0 Å². The van der Waals surface area contributed by atoms with Crippen molar-refractivity contribution < 1.29 is 155 Å². The van der Waals surface area contributed by atoms with Crippen LogP contribution in [0, 0.1) is 0 Å². The molecule has 0 radical (unpaired) electrons. The molecule has 3 N–H and O–H groups in total. The van der Waals surface area contributed by atoms with Crippen LogP contribution in [-0.4, -0.2) is 124 Å². The molecule has 324 valence electrons. The number of likely N-dealkylation sites (N-methyl/N-ethyl adjacent to an activating group) is 2.